The van der Waals surface area contributed by atoms with E-state index in [1.165, 1.54) is 8.61 Å². The molecule has 2 fully saturated rings. The molecular weight excluding hydrogens is 426 g/mol. The smallest absolute Gasteiger partial charge is 0.243 e. The predicted octanol–water partition coefficient (Wildman–Crippen LogP) is 1.28. The van der Waals surface area contributed by atoms with Gasteiger partial charge in [-0.25, -0.2) is 21.1 Å². The zero-order valence-electron chi connectivity index (χ0n) is 17.7. The van der Waals surface area contributed by atoms with Gasteiger partial charge in [0, 0.05) is 39.3 Å². The lowest BCUT2D eigenvalue weighted by molar-refractivity contribution is -0.137. The highest BCUT2D eigenvalue weighted by atomic mass is 32.2. The number of piperidine rings is 1. The molecule has 0 radical (unpaired) electrons. The van der Waals surface area contributed by atoms with Gasteiger partial charge in [0.05, 0.1) is 16.6 Å². The second-order valence-electron chi connectivity index (χ2n) is 8.06. The van der Waals surface area contributed by atoms with Crippen molar-refractivity contribution in [1.29, 1.82) is 0 Å². The molecule has 1 amide bonds. The molecule has 2 saturated heterocycles. The van der Waals surface area contributed by atoms with Crippen LogP contribution in [0.2, 0.25) is 0 Å². The molecule has 2 aliphatic heterocycles. The summed E-state index contributed by atoms with van der Waals surface area (Å²) >= 11 is 0. The third-order valence-electron chi connectivity index (χ3n) is 5.80. The van der Waals surface area contributed by atoms with Crippen LogP contribution in [0, 0.1) is 12.8 Å². The molecule has 2 heterocycles. The maximum Gasteiger partial charge on any atom is 0.243 e. The van der Waals surface area contributed by atoms with Crippen LogP contribution in [0.5, 0.6) is 0 Å². The Morgan fingerprint density at radius 3 is 2.20 bits per heavy atom. The number of benzene rings is 1. The van der Waals surface area contributed by atoms with Crippen molar-refractivity contribution < 1.29 is 21.6 Å². The molecule has 0 spiro atoms. The minimum Gasteiger partial charge on any atom is -0.340 e. The number of hydrogen-bond acceptors (Lipinski definition) is 5. The summed E-state index contributed by atoms with van der Waals surface area (Å²) in [5.74, 6) is -0.326. The van der Waals surface area contributed by atoms with Gasteiger partial charge in [-0.15, -0.1) is 0 Å². The van der Waals surface area contributed by atoms with Gasteiger partial charge in [0.25, 0.3) is 0 Å². The number of carbonyl (C=O) groups excluding carboxylic acids is 1. The minimum absolute atomic E-state index is 0.0706. The minimum atomic E-state index is -3.58. The van der Waals surface area contributed by atoms with E-state index in [1.54, 1.807) is 29.2 Å². The number of carbonyl (C=O) groups is 1. The molecule has 0 aromatic heterocycles. The van der Waals surface area contributed by atoms with Crippen LogP contribution in [0.1, 0.15) is 31.7 Å². The molecule has 10 heteroatoms. The third kappa shape index (κ3) is 5.04. The zero-order valence-corrected chi connectivity index (χ0v) is 19.3. The largest absolute Gasteiger partial charge is 0.340 e. The van der Waals surface area contributed by atoms with Crippen LogP contribution >= 0.6 is 0 Å². The second kappa shape index (κ2) is 9.33. The van der Waals surface area contributed by atoms with E-state index in [9.17, 15) is 21.6 Å². The van der Waals surface area contributed by atoms with Crippen LogP contribution in [0.25, 0.3) is 0 Å². The summed E-state index contributed by atoms with van der Waals surface area (Å²) in [6, 6.07) is 6.76. The van der Waals surface area contributed by atoms with Crippen LogP contribution in [-0.2, 0) is 24.8 Å². The first-order valence-corrected chi connectivity index (χ1v) is 13.5. The second-order valence-corrected chi connectivity index (χ2v) is 12.1. The number of hydrogen-bond donors (Lipinski definition) is 0. The Bertz CT molecular complexity index is 953. The SMILES string of the molecule is CCCS(=O)(=O)N1CCC[C@H](C(=O)N2CCN(S(=O)(=O)c3ccc(C)cc3)CC2)C1. The number of nitrogens with zero attached hydrogens (tertiary/aromatic N) is 3. The molecule has 1 aromatic carbocycles. The Hall–Kier alpha value is -1.49. The lowest BCUT2D eigenvalue weighted by Crippen LogP contribution is -2.54. The molecule has 1 atom stereocenters. The Morgan fingerprint density at radius 2 is 1.60 bits per heavy atom. The maximum atomic E-state index is 13.0. The first-order valence-electron chi connectivity index (χ1n) is 10.5. The molecule has 168 valence electrons. The van der Waals surface area contributed by atoms with Gasteiger partial charge in [-0.3, -0.25) is 4.79 Å². The van der Waals surface area contributed by atoms with Crippen molar-refractivity contribution in [2.45, 2.75) is 38.0 Å². The standard InChI is InChI=1S/C20H31N3O5S2/c1-3-15-29(25,26)23-10-4-5-18(16-23)20(24)21-11-13-22(14-12-21)30(27,28)19-8-6-17(2)7-9-19/h6-9,18H,3-5,10-16H2,1-2H3/t18-/m0/s1. The van der Waals surface area contributed by atoms with Gasteiger partial charge < -0.3 is 4.90 Å². The van der Waals surface area contributed by atoms with E-state index in [4.69, 9.17) is 0 Å². The van der Waals surface area contributed by atoms with Crippen LogP contribution in [0.3, 0.4) is 0 Å². The quantitative estimate of drug-likeness (QED) is 0.641. The summed E-state index contributed by atoms with van der Waals surface area (Å²) in [4.78, 5) is 14.9. The number of piperazine rings is 1. The Kier molecular flexibility index (Phi) is 7.21. The molecule has 0 unspecified atom stereocenters. The fourth-order valence-corrected chi connectivity index (χ4v) is 7.06. The van der Waals surface area contributed by atoms with Crippen LogP contribution in [-0.4, -0.2) is 81.3 Å². The number of aryl methyl sites for hydroxylation is 1. The fourth-order valence-electron chi connectivity index (χ4n) is 4.05. The predicted molar refractivity (Wildman–Crippen MR) is 115 cm³/mol. The van der Waals surface area contributed by atoms with E-state index in [2.05, 4.69) is 0 Å². The third-order valence-corrected chi connectivity index (χ3v) is 9.75. The molecule has 8 nitrogen and oxygen atoms in total. The van der Waals surface area contributed by atoms with Crippen molar-refractivity contribution in [3.05, 3.63) is 29.8 Å². The highest BCUT2D eigenvalue weighted by Gasteiger charge is 2.36. The van der Waals surface area contributed by atoms with Gasteiger partial charge in [0.15, 0.2) is 0 Å². The molecule has 0 N–H and O–H groups in total. The number of rotatable bonds is 6. The Morgan fingerprint density at radius 1 is 0.967 bits per heavy atom. The van der Waals surface area contributed by atoms with Gasteiger partial charge in [0.1, 0.15) is 0 Å². The summed E-state index contributed by atoms with van der Waals surface area (Å²) < 4.78 is 53.3. The van der Waals surface area contributed by atoms with Crippen molar-refractivity contribution in [3.8, 4) is 0 Å². The fraction of sp³-hybridized carbons (Fsp3) is 0.650. The average Bonchev–Trinajstić information content (AvgIpc) is 2.74. The first-order chi connectivity index (χ1) is 14.1. The molecular formula is C20H31N3O5S2. The van der Waals surface area contributed by atoms with Crippen LogP contribution in [0.4, 0.5) is 0 Å². The molecule has 0 saturated carbocycles. The topological polar surface area (TPSA) is 95.1 Å². The van der Waals surface area contributed by atoms with Gasteiger partial charge in [-0.05, 0) is 38.3 Å². The van der Waals surface area contributed by atoms with Crippen molar-refractivity contribution >= 4 is 26.0 Å². The van der Waals surface area contributed by atoms with Crippen LogP contribution in [0.15, 0.2) is 29.2 Å². The average molecular weight is 458 g/mol. The normalized spacial score (nSPS) is 22.2. The highest BCUT2D eigenvalue weighted by Crippen LogP contribution is 2.24. The van der Waals surface area contributed by atoms with E-state index in [1.807, 2.05) is 13.8 Å². The maximum absolute atomic E-state index is 13.0. The summed E-state index contributed by atoms with van der Waals surface area (Å²) in [7, 11) is -6.90. The van der Waals surface area contributed by atoms with E-state index in [0.29, 0.717) is 38.9 Å². The van der Waals surface area contributed by atoms with E-state index in [-0.39, 0.29) is 42.1 Å². The highest BCUT2D eigenvalue weighted by molar-refractivity contribution is 7.89. The monoisotopic (exact) mass is 457 g/mol. The molecule has 3 rings (SSSR count). The van der Waals surface area contributed by atoms with E-state index >= 15 is 0 Å². The van der Waals surface area contributed by atoms with Crippen molar-refractivity contribution in [2.24, 2.45) is 5.92 Å². The Balaban J connectivity index is 1.60. The first kappa shape index (κ1) is 23.2. The van der Waals surface area contributed by atoms with Crippen molar-refractivity contribution in [3.63, 3.8) is 0 Å². The summed E-state index contributed by atoms with van der Waals surface area (Å²) in [6.45, 7) is 5.55. The van der Waals surface area contributed by atoms with Gasteiger partial charge in [-0.1, -0.05) is 24.6 Å². The van der Waals surface area contributed by atoms with Crippen molar-refractivity contribution in [1.82, 2.24) is 13.5 Å². The summed E-state index contributed by atoms with van der Waals surface area (Å²) in [5.41, 5.74) is 0.992. The molecule has 1 aromatic rings. The van der Waals surface area contributed by atoms with Gasteiger partial charge in [0.2, 0.25) is 26.0 Å². The molecule has 0 aliphatic carbocycles. The zero-order chi connectivity index (χ0) is 21.9. The van der Waals surface area contributed by atoms with Gasteiger partial charge in [-0.2, -0.15) is 4.31 Å². The van der Waals surface area contributed by atoms with E-state index < -0.39 is 20.0 Å². The van der Waals surface area contributed by atoms with Crippen molar-refractivity contribution in [2.75, 3.05) is 45.0 Å². The lowest BCUT2D eigenvalue weighted by atomic mass is 9.98. The molecule has 30 heavy (non-hydrogen) atoms. The lowest BCUT2D eigenvalue weighted by Gasteiger charge is -2.38. The summed E-state index contributed by atoms with van der Waals surface area (Å²) in [6.07, 6.45) is 1.88. The molecule has 0 bridgehead atoms. The van der Waals surface area contributed by atoms with Crippen LogP contribution < -0.4 is 0 Å². The number of sulfonamides is 2. The van der Waals surface area contributed by atoms with Gasteiger partial charge >= 0.3 is 0 Å². The molecule has 2 aliphatic rings. The Labute approximate surface area is 179 Å². The van der Waals surface area contributed by atoms with E-state index in [0.717, 1.165) is 5.56 Å². The summed E-state index contributed by atoms with van der Waals surface area (Å²) in [5, 5.41) is 0. The number of amides is 1.